The van der Waals surface area contributed by atoms with E-state index in [2.05, 4.69) is 67.8 Å². The van der Waals surface area contributed by atoms with Gasteiger partial charge in [-0.3, -0.25) is 9.59 Å². The fourth-order valence-corrected chi connectivity index (χ4v) is 7.27. The third-order valence-electron chi connectivity index (χ3n) is 10.9. The highest BCUT2D eigenvalue weighted by Gasteiger charge is 2.19. The summed E-state index contributed by atoms with van der Waals surface area (Å²) in [5, 5.41) is 12.0. The highest BCUT2D eigenvalue weighted by atomic mass is 16.5. The molecule has 0 aromatic carbocycles. The first-order valence-corrected chi connectivity index (χ1v) is 24.5. The Morgan fingerprint density at radius 1 is 0.517 bits per heavy atom. The number of rotatable bonds is 44. The van der Waals surface area contributed by atoms with Crippen LogP contribution >= 0.6 is 0 Å². The van der Waals surface area contributed by atoms with E-state index in [-0.39, 0.29) is 18.0 Å². The molecule has 2 unspecified atom stereocenters. The fraction of sp³-hybridized carbons (Fsp3) is 0.784. The number of allylic oxidation sites excluding steroid dienone is 8. The number of carbonyl (C=O) groups excluding carboxylic acids is 2. The molecule has 0 aromatic heterocycles. The zero-order valence-corrected chi connectivity index (χ0v) is 37.9. The molecule has 0 bridgehead atoms. The Labute approximate surface area is 358 Å². The van der Waals surface area contributed by atoms with Crippen molar-refractivity contribution in [1.82, 2.24) is 5.32 Å². The summed E-state index contributed by atoms with van der Waals surface area (Å²) < 4.78 is 6.07. The number of nitrogens with one attached hydrogen (secondary N) is 1. The van der Waals surface area contributed by atoms with Crippen LogP contribution in [0.25, 0.3) is 0 Å². The minimum atomic E-state index is -1.00. The molecule has 58 heavy (non-hydrogen) atoms. The lowest BCUT2D eigenvalue weighted by molar-refractivity contribution is -0.150. The third kappa shape index (κ3) is 41.5. The summed E-state index contributed by atoms with van der Waals surface area (Å²) >= 11 is 0. The minimum absolute atomic E-state index is 0.00926. The van der Waals surface area contributed by atoms with Crippen LogP contribution in [0.1, 0.15) is 239 Å². The van der Waals surface area contributed by atoms with Gasteiger partial charge in [0.1, 0.15) is 12.1 Å². The van der Waals surface area contributed by atoms with Crippen molar-refractivity contribution in [2.45, 2.75) is 251 Å². The van der Waals surface area contributed by atoms with Gasteiger partial charge < -0.3 is 20.9 Å². The predicted molar refractivity (Wildman–Crippen MR) is 248 cm³/mol. The number of ether oxygens (including phenoxy) is 1. The van der Waals surface area contributed by atoms with Crippen LogP contribution < -0.4 is 11.1 Å². The van der Waals surface area contributed by atoms with Crippen LogP contribution in [0.5, 0.6) is 0 Å². The van der Waals surface area contributed by atoms with Gasteiger partial charge in [0.25, 0.3) is 0 Å². The molecule has 0 saturated carbocycles. The molecule has 2 atom stereocenters. The van der Waals surface area contributed by atoms with Gasteiger partial charge in [-0.2, -0.15) is 0 Å². The zero-order chi connectivity index (χ0) is 42.4. The SMILES string of the molecule is CC/C=C\C/C=C\C/C=C\C/C=C\CCCCCCCCCCC(=O)OC(CCCCCCCCCCCCC)CCCCCCCC(=O)NC(CCCN)C(=O)O. The van der Waals surface area contributed by atoms with E-state index in [4.69, 9.17) is 10.5 Å². The molecular weight excluding hydrogens is 721 g/mol. The molecule has 0 rings (SSSR count). The van der Waals surface area contributed by atoms with E-state index < -0.39 is 12.0 Å². The van der Waals surface area contributed by atoms with Gasteiger partial charge in [0, 0.05) is 12.8 Å². The normalized spacial score (nSPS) is 13.0. The lowest BCUT2D eigenvalue weighted by atomic mass is 10.0. The van der Waals surface area contributed by atoms with E-state index in [0.29, 0.717) is 32.2 Å². The van der Waals surface area contributed by atoms with Gasteiger partial charge in [0.2, 0.25) is 5.91 Å². The van der Waals surface area contributed by atoms with E-state index in [0.717, 1.165) is 89.9 Å². The summed E-state index contributed by atoms with van der Waals surface area (Å²) in [5.41, 5.74) is 5.49. The van der Waals surface area contributed by atoms with Gasteiger partial charge in [0.05, 0.1) is 0 Å². The number of hydrogen-bond acceptors (Lipinski definition) is 5. The van der Waals surface area contributed by atoms with Crippen molar-refractivity contribution in [2.24, 2.45) is 5.73 Å². The van der Waals surface area contributed by atoms with Crippen molar-refractivity contribution in [1.29, 1.82) is 0 Å². The Hall–Kier alpha value is -2.67. The van der Waals surface area contributed by atoms with Crippen molar-refractivity contribution in [3.8, 4) is 0 Å². The molecule has 7 nitrogen and oxygen atoms in total. The topological polar surface area (TPSA) is 119 Å². The summed E-state index contributed by atoms with van der Waals surface area (Å²) in [7, 11) is 0. The minimum Gasteiger partial charge on any atom is -0.480 e. The number of esters is 1. The maximum Gasteiger partial charge on any atom is 0.326 e. The molecule has 0 aliphatic rings. The van der Waals surface area contributed by atoms with E-state index in [1.165, 1.54) is 109 Å². The zero-order valence-electron chi connectivity index (χ0n) is 37.9. The lowest BCUT2D eigenvalue weighted by Crippen LogP contribution is -2.40. The average molecular weight is 813 g/mol. The number of aliphatic carboxylic acids is 1. The molecule has 336 valence electrons. The summed E-state index contributed by atoms with van der Waals surface area (Å²) in [6.45, 7) is 4.84. The quantitative estimate of drug-likeness (QED) is 0.0320. The monoisotopic (exact) mass is 813 g/mol. The number of carboxylic acid groups (broad SMARTS) is 1. The standard InChI is InChI=1S/C51H92N2O5/c1-3-5-7-9-11-13-15-16-17-18-19-20-21-22-23-24-26-28-30-35-39-45-50(55)58-47(41-36-32-29-27-25-14-12-10-8-6-4-2)42-37-33-31-34-38-44-49(54)53-48(51(56)57)43-40-46-52/h5,7,11,13,16-17,19-20,47-48H,3-4,6,8-10,12,14-15,18,21-46,52H2,1-2H3,(H,53,54)(H,56,57)/b7-5-,13-11-,17-16-,20-19-. The Morgan fingerprint density at radius 2 is 0.948 bits per heavy atom. The van der Waals surface area contributed by atoms with Crippen LogP contribution in [0.4, 0.5) is 0 Å². The van der Waals surface area contributed by atoms with Gasteiger partial charge in [-0.05, 0) is 96.4 Å². The van der Waals surface area contributed by atoms with Crippen LogP contribution in [0, 0.1) is 0 Å². The number of nitrogens with two attached hydrogens (primary N) is 1. The van der Waals surface area contributed by atoms with Crippen LogP contribution in [0.2, 0.25) is 0 Å². The summed E-state index contributed by atoms with van der Waals surface area (Å²) in [4.78, 5) is 36.5. The van der Waals surface area contributed by atoms with Gasteiger partial charge >= 0.3 is 11.9 Å². The maximum absolute atomic E-state index is 12.9. The van der Waals surface area contributed by atoms with Gasteiger partial charge in [-0.1, -0.05) is 184 Å². The second kappa shape index (κ2) is 45.4. The molecule has 0 aromatic rings. The molecule has 0 fully saturated rings. The maximum atomic E-state index is 12.9. The number of carboxylic acids is 1. The van der Waals surface area contributed by atoms with Gasteiger partial charge in [0.15, 0.2) is 0 Å². The van der Waals surface area contributed by atoms with Gasteiger partial charge in [-0.15, -0.1) is 0 Å². The van der Waals surface area contributed by atoms with Crippen molar-refractivity contribution < 1.29 is 24.2 Å². The highest BCUT2D eigenvalue weighted by Crippen LogP contribution is 2.19. The highest BCUT2D eigenvalue weighted by molar-refractivity contribution is 5.83. The van der Waals surface area contributed by atoms with E-state index in [9.17, 15) is 19.5 Å². The smallest absolute Gasteiger partial charge is 0.326 e. The molecule has 0 radical (unpaired) electrons. The third-order valence-corrected chi connectivity index (χ3v) is 10.9. The van der Waals surface area contributed by atoms with E-state index in [1.807, 2.05) is 0 Å². The molecule has 4 N–H and O–H groups in total. The van der Waals surface area contributed by atoms with Gasteiger partial charge in [-0.25, -0.2) is 4.79 Å². The number of hydrogen-bond donors (Lipinski definition) is 3. The molecule has 0 saturated heterocycles. The lowest BCUT2D eigenvalue weighted by Gasteiger charge is -2.18. The van der Waals surface area contributed by atoms with Crippen molar-refractivity contribution in [3.05, 3.63) is 48.6 Å². The molecule has 1 amide bonds. The van der Waals surface area contributed by atoms with Crippen LogP contribution in [0.15, 0.2) is 48.6 Å². The summed E-state index contributed by atoms with van der Waals surface area (Å²) in [5.74, 6) is -1.23. The predicted octanol–water partition coefficient (Wildman–Crippen LogP) is 14.3. The first kappa shape index (κ1) is 55.3. The van der Waals surface area contributed by atoms with Crippen molar-refractivity contribution >= 4 is 17.8 Å². The average Bonchev–Trinajstić information content (AvgIpc) is 3.21. The van der Waals surface area contributed by atoms with Crippen LogP contribution in [-0.2, 0) is 19.1 Å². The van der Waals surface area contributed by atoms with Crippen LogP contribution in [0.3, 0.4) is 0 Å². The molecule has 0 aliphatic carbocycles. The van der Waals surface area contributed by atoms with Crippen LogP contribution in [-0.4, -0.2) is 41.6 Å². The summed E-state index contributed by atoms with van der Waals surface area (Å²) in [6, 6.07) is -0.857. The Kier molecular flexibility index (Phi) is 43.3. The number of carbonyl (C=O) groups is 3. The Morgan fingerprint density at radius 3 is 1.43 bits per heavy atom. The molecule has 0 spiro atoms. The molecule has 0 heterocycles. The van der Waals surface area contributed by atoms with Crippen molar-refractivity contribution in [3.63, 3.8) is 0 Å². The van der Waals surface area contributed by atoms with E-state index >= 15 is 0 Å². The summed E-state index contributed by atoms with van der Waals surface area (Å²) in [6.07, 6.45) is 55.9. The van der Waals surface area contributed by atoms with Crippen molar-refractivity contribution in [2.75, 3.05) is 6.54 Å². The first-order chi connectivity index (χ1) is 28.4. The number of unbranched alkanes of at least 4 members (excludes halogenated alkanes) is 22. The molecule has 0 aliphatic heterocycles. The Balaban J connectivity index is 4.23. The second-order valence-corrected chi connectivity index (χ2v) is 16.5. The molecular formula is C51H92N2O5. The number of amides is 1. The first-order valence-electron chi connectivity index (χ1n) is 24.5. The molecule has 7 heteroatoms. The fourth-order valence-electron chi connectivity index (χ4n) is 7.27. The second-order valence-electron chi connectivity index (χ2n) is 16.5. The Bertz CT molecular complexity index is 1050. The largest absolute Gasteiger partial charge is 0.480 e. The van der Waals surface area contributed by atoms with E-state index in [1.54, 1.807) is 0 Å².